The first kappa shape index (κ1) is 70.3. The van der Waals surface area contributed by atoms with Gasteiger partial charge in [-0.2, -0.15) is 0 Å². The molecule has 0 aliphatic rings. The van der Waals surface area contributed by atoms with Gasteiger partial charge in [0.1, 0.15) is 0 Å². The predicted octanol–water partition coefficient (Wildman–Crippen LogP) is -13.2. The second-order valence-electron chi connectivity index (χ2n) is 6.05. The Bertz CT molecular complexity index is 694. The fraction of sp³-hybridized carbons (Fsp3) is 0.600. The molecule has 282 valence electrons. The Morgan fingerprint density at radius 3 is 0.587 bits per heavy atom. The maximum Gasteiger partial charge on any atom is 2.00 e. The molecule has 0 saturated carbocycles. The minimum Gasteiger partial charge on any atom is -1.00 e. The Labute approximate surface area is 334 Å². The topological polar surface area (TPSA) is 324 Å². The maximum absolute atomic E-state index is 7.01. The van der Waals surface area contributed by atoms with Crippen LogP contribution in [0.4, 0.5) is 0 Å². The first-order valence-corrected chi connectivity index (χ1v) is 11.8. The van der Waals surface area contributed by atoms with Gasteiger partial charge in [0.2, 0.25) is 0 Å². The van der Waals surface area contributed by atoms with Gasteiger partial charge in [0, 0.05) is 28.2 Å². The zero-order valence-corrected chi connectivity index (χ0v) is 34.8. The Balaban J connectivity index is -0.0000000450. The maximum atomic E-state index is 7.01. The van der Waals surface area contributed by atoms with E-state index in [1.165, 1.54) is 0 Å². The van der Waals surface area contributed by atoms with E-state index in [0.717, 1.165) is 0 Å². The smallest absolute Gasteiger partial charge is 1.00 e. The molecule has 0 spiro atoms. The molecule has 0 bridgehead atoms. The number of guanidine groups is 4. The van der Waals surface area contributed by atoms with E-state index in [-0.39, 0.29) is 150 Å². The molecular formula is C20H48Br4Cu2N16O4. The van der Waals surface area contributed by atoms with Crippen molar-refractivity contribution in [3.05, 3.63) is 0 Å². The quantitative estimate of drug-likeness (QED) is 0.0710. The van der Waals surface area contributed by atoms with Crippen LogP contribution in [0.5, 0.6) is 0 Å². The molecule has 0 aliphatic heterocycles. The van der Waals surface area contributed by atoms with Gasteiger partial charge in [-0.25, -0.2) is 0 Å². The Morgan fingerprint density at radius 2 is 0.500 bits per heavy atom. The van der Waals surface area contributed by atoms with Gasteiger partial charge in [0.15, 0.2) is 23.8 Å². The molecule has 16 N–H and O–H groups in total. The minimum absolute atomic E-state index is 0. The van der Waals surface area contributed by atoms with E-state index in [2.05, 4.69) is 42.5 Å². The van der Waals surface area contributed by atoms with Crippen LogP contribution >= 0.6 is 0 Å². The van der Waals surface area contributed by atoms with Crippen molar-refractivity contribution in [3.8, 4) is 0 Å². The monoisotopic (exact) mass is 1020 g/mol. The van der Waals surface area contributed by atoms with Gasteiger partial charge in [-0.1, -0.05) is 0 Å². The van der Waals surface area contributed by atoms with Crippen LogP contribution in [0.1, 0.15) is 27.7 Å². The van der Waals surface area contributed by atoms with Crippen LogP contribution in [-0.2, 0) is 53.1 Å². The van der Waals surface area contributed by atoms with Crippen molar-refractivity contribution in [2.24, 2.45) is 0 Å². The molecule has 0 rings (SSSR count). The van der Waals surface area contributed by atoms with E-state index in [1.54, 1.807) is 55.9 Å². The molecular weight excluding hydrogens is 975 g/mol. The van der Waals surface area contributed by atoms with Crippen molar-refractivity contribution in [3.63, 3.8) is 0 Å². The van der Waals surface area contributed by atoms with E-state index in [4.69, 9.17) is 62.2 Å². The third kappa shape index (κ3) is 61.0. The summed E-state index contributed by atoms with van der Waals surface area (Å²) >= 11 is 0. The van der Waals surface area contributed by atoms with Crippen molar-refractivity contribution in [1.82, 2.24) is 42.5 Å². The second-order valence-corrected chi connectivity index (χ2v) is 6.05. The number of rotatable bonds is 4. The summed E-state index contributed by atoms with van der Waals surface area (Å²) < 4.78 is 18.8. The van der Waals surface area contributed by atoms with Crippen LogP contribution in [0.2, 0.25) is 0 Å². The normalized spacial score (nSPS) is 7.13. The fourth-order valence-electron chi connectivity index (χ4n) is 1.43. The summed E-state index contributed by atoms with van der Waals surface area (Å²) in [5.41, 5.74) is 0. The summed E-state index contributed by atoms with van der Waals surface area (Å²) in [6, 6.07) is -0.438. The van der Waals surface area contributed by atoms with Gasteiger partial charge in [0.25, 0.3) is 24.1 Å². The van der Waals surface area contributed by atoms with Crippen molar-refractivity contribution in [2.45, 2.75) is 27.7 Å². The standard InChI is InChI=1S/4C5H12N4O.4BrH.2Cu/c4*1-3-10-5(7)9-4(6)8-2;;;;;;/h4*3H2,1-2H3,(H4,6,7,8,9);4*1H;;/q;;;;;;;;2*+2/p-4. The summed E-state index contributed by atoms with van der Waals surface area (Å²) in [5.74, 6) is 0.216. The van der Waals surface area contributed by atoms with Crippen LogP contribution in [0.15, 0.2) is 0 Å². The molecule has 0 saturated heterocycles. The van der Waals surface area contributed by atoms with Crippen LogP contribution in [0, 0.1) is 43.3 Å². The zero-order chi connectivity index (χ0) is 31.9. The van der Waals surface area contributed by atoms with E-state index in [0.29, 0.717) is 26.4 Å². The molecule has 0 aromatic carbocycles. The van der Waals surface area contributed by atoms with E-state index < -0.39 is 0 Å². The summed E-state index contributed by atoms with van der Waals surface area (Å²) in [6.45, 7) is 8.84. The van der Waals surface area contributed by atoms with Gasteiger partial charge < -0.3 is 108 Å². The first-order chi connectivity index (χ1) is 18.8. The number of hydrogen-bond donors (Lipinski definition) is 16. The molecule has 0 aromatic rings. The van der Waals surface area contributed by atoms with Gasteiger partial charge in [-0.3, -0.25) is 64.5 Å². The second kappa shape index (κ2) is 52.5. The molecule has 46 heavy (non-hydrogen) atoms. The third-order valence-corrected chi connectivity index (χ3v) is 3.11. The molecule has 0 atom stereocenters. The Hall–Kier alpha value is -2.08. The van der Waals surface area contributed by atoms with E-state index in [1.807, 2.05) is 0 Å². The van der Waals surface area contributed by atoms with Crippen molar-refractivity contribution in [1.29, 1.82) is 43.3 Å². The molecule has 0 fully saturated rings. The summed E-state index contributed by atoms with van der Waals surface area (Å²) in [4.78, 5) is 0. The van der Waals surface area contributed by atoms with E-state index >= 15 is 0 Å². The zero-order valence-electron chi connectivity index (χ0n) is 26.6. The van der Waals surface area contributed by atoms with Crippen molar-refractivity contribution in [2.75, 3.05) is 54.6 Å². The Morgan fingerprint density at radius 1 is 0.370 bits per heavy atom. The number of hydrogen-bond acceptors (Lipinski definition) is 12. The first-order valence-electron chi connectivity index (χ1n) is 11.8. The van der Waals surface area contributed by atoms with Crippen LogP contribution < -0.4 is 110 Å². The van der Waals surface area contributed by atoms with Crippen molar-refractivity contribution >= 4 is 47.9 Å². The SMILES string of the molecule is CCOC(=N)NC(=N)NC.CCOC(=N)NC(=N)NC.CCOC(=N)NC(=N)NC.CCOC(=N)NC(=N)NC.[Br-].[Br-].[Br-].[Br-].[Cu+2].[Cu+2]. The van der Waals surface area contributed by atoms with Crippen LogP contribution in [-0.4, -0.2) is 103 Å². The summed E-state index contributed by atoms with van der Waals surface area (Å²) in [5, 5.41) is 75.5. The largest absolute Gasteiger partial charge is 2.00 e. The number of nitrogens with one attached hydrogen (secondary N) is 16. The number of ether oxygens (including phenoxy) is 4. The number of amidine groups is 4. The average Bonchev–Trinajstić information content (AvgIpc) is 2.89. The molecule has 0 heterocycles. The molecule has 0 unspecified atom stereocenters. The summed E-state index contributed by atoms with van der Waals surface area (Å²) in [7, 11) is 6.37. The Kier molecular flexibility index (Phi) is 80.2. The van der Waals surface area contributed by atoms with Gasteiger partial charge >= 0.3 is 34.1 Å². The third-order valence-electron chi connectivity index (χ3n) is 3.11. The fourth-order valence-corrected chi connectivity index (χ4v) is 1.43. The molecule has 0 aliphatic carbocycles. The van der Waals surface area contributed by atoms with Crippen LogP contribution in [0.3, 0.4) is 0 Å². The predicted molar refractivity (Wildman–Crippen MR) is 157 cm³/mol. The summed E-state index contributed by atoms with van der Waals surface area (Å²) in [6.07, 6.45) is 0. The van der Waals surface area contributed by atoms with Gasteiger partial charge in [0.05, 0.1) is 26.4 Å². The minimum atomic E-state index is -0.109. The number of halogens is 4. The molecule has 2 radical (unpaired) electrons. The van der Waals surface area contributed by atoms with Crippen LogP contribution in [0.25, 0.3) is 0 Å². The van der Waals surface area contributed by atoms with E-state index in [9.17, 15) is 0 Å². The van der Waals surface area contributed by atoms with Gasteiger partial charge in [-0.15, -0.1) is 0 Å². The molecule has 0 amide bonds. The molecule has 26 heteroatoms. The average molecular weight is 1020 g/mol. The van der Waals surface area contributed by atoms with Gasteiger partial charge in [-0.05, 0) is 27.7 Å². The molecule has 20 nitrogen and oxygen atoms in total. The van der Waals surface area contributed by atoms with Crippen molar-refractivity contribution < 1.29 is 121 Å². The molecule has 0 aromatic heterocycles.